The van der Waals surface area contributed by atoms with Crippen LogP contribution >= 0.6 is 22.6 Å². The predicted molar refractivity (Wildman–Crippen MR) is 59.3 cm³/mol. The molecule has 0 radical (unpaired) electrons. The summed E-state index contributed by atoms with van der Waals surface area (Å²) in [6, 6.07) is 0. The second kappa shape index (κ2) is 5.39. The molecule has 0 heterocycles. The Labute approximate surface area is 84.3 Å². The van der Waals surface area contributed by atoms with E-state index in [-0.39, 0.29) is 0 Å². The van der Waals surface area contributed by atoms with Crippen molar-refractivity contribution in [3.63, 3.8) is 0 Å². The molecule has 1 saturated carbocycles. The van der Waals surface area contributed by atoms with Crippen molar-refractivity contribution in [2.45, 2.75) is 55.8 Å². The van der Waals surface area contributed by atoms with Gasteiger partial charge in [-0.1, -0.05) is 48.8 Å². The summed E-state index contributed by atoms with van der Waals surface area (Å²) in [6.07, 6.45) is 10.3. The molecule has 0 spiro atoms. The molecule has 11 heavy (non-hydrogen) atoms. The highest BCUT2D eigenvalue weighted by molar-refractivity contribution is 14.1. The minimum atomic E-state index is 0.991. The lowest BCUT2D eigenvalue weighted by Gasteiger charge is -2.24. The first kappa shape index (κ1) is 9.82. The molecule has 1 fully saturated rings. The Bertz CT molecular complexity index is 90.3. The van der Waals surface area contributed by atoms with Crippen molar-refractivity contribution in [1.82, 2.24) is 0 Å². The highest BCUT2D eigenvalue weighted by Gasteiger charge is 2.17. The van der Waals surface area contributed by atoms with E-state index in [0.717, 1.165) is 9.84 Å². The molecule has 0 atom stereocenters. The molecule has 0 aromatic carbocycles. The van der Waals surface area contributed by atoms with Crippen LogP contribution in [0.15, 0.2) is 0 Å². The van der Waals surface area contributed by atoms with Gasteiger partial charge in [0.2, 0.25) is 0 Å². The Hall–Kier alpha value is 0.730. The van der Waals surface area contributed by atoms with Gasteiger partial charge in [0, 0.05) is 3.92 Å². The van der Waals surface area contributed by atoms with E-state index < -0.39 is 0 Å². The van der Waals surface area contributed by atoms with E-state index in [1.54, 1.807) is 0 Å². The topological polar surface area (TPSA) is 0 Å². The fourth-order valence-electron chi connectivity index (χ4n) is 1.90. The summed E-state index contributed by atoms with van der Waals surface area (Å²) in [7, 11) is 0. The van der Waals surface area contributed by atoms with Crippen molar-refractivity contribution < 1.29 is 0 Å². The summed E-state index contributed by atoms with van der Waals surface area (Å²) in [5.41, 5.74) is 0. The summed E-state index contributed by atoms with van der Waals surface area (Å²) in [4.78, 5) is 0. The fraction of sp³-hybridized carbons (Fsp3) is 1.00. The van der Waals surface area contributed by atoms with Crippen LogP contribution in [0, 0.1) is 5.92 Å². The van der Waals surface area contributed by atoms with Gasteiger partial charge in [-0.25, -0.2) is 0 Å². The zero-order valence-electron chi connectivity index (χ0n) is 7.48. The largest absolute Gasteiger partial charge is 0.0826 e. The van der Waals surface area contributed by atoms with Crippen molar-refractivity contribution in [3.05, 3.63) is 0 Å². The van der Waals surface area contributed by atoms with E-state index in [9.17, 15) is 0 Å². The zero-order valence-corrected chi connectivity index (χ0v) is 9.64. The molecule has 0 aliphatic heterocycles. The van der Waals surface area contributed by atoms with Gasteiger partial charge >= 0.3 is 0 Å². The van der Waals surface area contributed by atoms with Crippen LogP contribution in [0.1, 0.15) is 51.9 Å². The Morgan fingerprint density at radius 3 is 2.36 bits per heavy atom. The van der Waals surface area contributed by atoms with Crippen LogP contribution in [0.4, 0.5) is 0 Å². The van der Waals surface area contributed by atoms with Crippen LogP contribution in [0.3, 0.4) is 0 Å². The lowest BCUT2D eigenvalue weighted by Crippen LogP contribution is -2.13. The molecule has 1 aliphatic carbocycles. The van der Waals surface area contributed by atoms with Crippen LogP contribution in [0.5, 0.6) is 0 Å². The highest BCUT2D eigenvalue weighted by Crippen LogP contribution is 2.31. The van der Waals surface area contributed by atoms with Crippen LogP contribution in [-0.2, 0) is 0 Å². The standard InChI is InChI=1S/C10H19I/c1-2-3-4-9-5-7-10(11)8-6-9/h9-10H,2-8H2,1H3. The molecule has 0 unspecified atom stereocenters. The van der Waals surface area contributed by atoms with Gasteiger partial charge in [-0.05, 0) is 31.6 Å². The summed E-state index contributed by atoms with van der Waals surface area (Å²) >= 11 is 2.60. The van der Waals surface area contributed by atoms with Gasteiger partial charge < -0.3 is 0 Å². The Morgan fingerprint density at radius 2 is 1.82 bits per heavy atom. The first-order valence-corrected chi connectivity index (χ1v) is 6.21. The maximum absolute atomic E-state index is 2.60. The van der Waals surface area contributed by atoms with Gasteiger partial charge in [-0.3, -0.25) is 0 Å². The monoisotopic (exact) mass is 266 g/mol. The van der Waals surface area contributed by atoms with E-state index in [2.05, 4.69) is 29.5 Å². The average molecular weight is 266 g/mol. The van der Waals surface area contributed by atoms with E-state index in [1.165, 1.54) is 44.9 Å². The number of rotatable bonds is 3. The molecular formula is C10H19I. The second-order valence-electron chi connectivity index (χ2n) is 3.76. The normalized spacial score (nSPS) is 32.2. The van der Waals surface area contributed by atoms with Gasteiger partial charge in [0.25, 0.3) is 0 Å². The smallest absolute Gasteiger partial charge is 0.0110 e. The number of unbranched alkanes of at least 4 members (excludes halogenated alkanes) is 1. The van der Waals surface area contributed by atoms with E-state index >= 15 is 0 Å². The van der Waals surface area contributed by atoms with Gasteiger partial charge in [-0.15, -0.1) is 0 Å². The molecule has 0 saturated heterocycles. The molecular weight excluding hydrogens is 247 g/mol. The molecule has 1 rings (SSSR count). The quantitative estimate of drug-likeness (QED) is 0.531. The third-order valence-corrected chi connectivity index (χ3v) is 3.99. The molecule has 1 aliphatic rings. The van der Waals surface area contributed by atoms with Gasteiger partial charge in [-0.2, -0.15) is 0 Å². The first-order valence-electron chi connectivity index (χ1n) is 4.97. The summed E-state index contributed by atoms with van der Waals surface area (Å²) in [6.45, 7) is 2.30. The van der Waals surface area contributed by atoms with Gasteiger partial charge in [0.15, 0.2) is 0 Å². The third kappa shape index (κ3) is 3.77. The van der Waals surface area contributed by atoms with Crippen LogP contribution in [0.25, 0.3) is 0 Å². The Balaban J connectivity index is 2.07. The lowest BCUT2D eigenvalue weighted by atomic mass is 9.86. The molecule has 0 N–H and O–H groups in total. The predicted octanol–water partition coefficient (Wildman–Crippen LogP) is 4.17. The summed E-state index contributed by atoms with van der Waals surface area (Å²) in [5, 5.41) is 0. The summed E-state index contributed by atoms with van der Waals surface area (Å²) < 4.78 is 0.991. The van der Waals surface area contributed by atoms with Crippen LogP contribution in [0.2, 0.25) is 0 Å². The summed E-state index contributed by atoms with van der Waals surface area (Å²) in [5.74, 6) is 1.08. The maximum Gasteiger partial charge on any atom is 0.0110 e. The maximum atomic E-state index is 2.60. The SMILES string of the molecule is CCCCC1CCC(I)CC1. The Morgan fingerprint density at radius 1 is 1.18 bits per heavy atom. The van der Waals surface area contributed by atoms with E-state index in [4.69, 9.17) is 0 Å². The van der Waals surface area contributed by atoms with Crippen molar-refractivity contribution >= 4 is 22.6 Å². The number of hydrogen-bond donors (Lipinski definition) is 0. The second-order valence-corrected chi connectivity index (χ2v) is 5.52. The van der Waals surface area contributed by atoms with E-state index in [0.29, 0.717) is 0 Å². The fourth-order valence-corrected chi connectivity index (χ4v) is 2.62. The minimum Gasteiger partial charge on any atom is -0.0826 e. The number of halogens is 1. The molecule has 0 amide bonds. The molecule has 0 bridgehead atoms. The molecule has 0 nitrogen and oxygen atoms in total. The third-order valence-electron chi connectivity index (χ3n) is 2.74. The minimum absolute atomic E-state index is 0.991. The van der Waals surface area contributed by atoms with Crippen molar-refractivity contribution in [1.29, 1.82) is 0 Å². The lowest BCUT2D eigenvalue weighted by molar-refractivity contribution is 0.342. The highest BCUT2D eigenvalue weighted by atomic mass is 127. The molecule has 66 valence electrons. The molecule has 0 aromatic rings. The van der Waals surface area contributed by atoms with Crippen LogP contribution in [-0.4, -0.2) is 3.92 Å². The van der Waals surface area contributed by atoms with Crippen molar-refractivity contribution in [2.75, 3.05) is 0 Å². The van der Waals surface area contributed by atoms with Crippen LogP contribution < -0.4 is 0 Å². The number of alkyl halides is 1. The molecule has 0 aromatic heterocycles. The molecule has 1 heteroatoms. The van der Waals surface area contributed by atoms with E-state index in [1.807, 2.05) is 0 Å². The Kier molecular flexibility index (Phi) is 4.81. The average Bonchev–Trinajstić information content (AvgIpc) is 2.04. The van der Waals surface area contributed by atoms with Crippen molar-refractivity contribution in [2.24, 2.45) is 5.92 Å². The zero-order chi connectivity index (χ0) is 8.10. The van der Waals surface area contributed by atoms with Crippen molar-refractivity contribution in [3.8, 4) is 0 Å². The van der Waals surface area contributed by atoms with Gasteiger partial charge in [0.1, 0.15) is 0 Å². The van der Waals surface area contributed by atoms with Gasteiger partial charge in [0.05, 0.1) is 0 Å². The first-order chi connectivity index (χ1) is 5.33. The number of hydrogen-bond acceptors (Lipinski definition) is 0.